The Kier molecular flexibility index (Phi) is 6.29. The lowest BCUT2D eigenvalue weighted by Crippen LogP contribution is -2.27. The maximum atomic E-state index is 13.5. The van der Waals surface area contributed by atoms with Gasteiger partial charge in [0.1, 0.15) is 5.82 Å². The van der Waals surface area contributed by atoms with Crippen molar-refractivity contribution in [3.8, 4) is 0 Å². The number of hydrogen-bond acceptors (Lipinski definition) is 3. The Bertz CT molecular complexity index is 1120. The smallest absolute Gasteiger partial charge is 0.261 e. The van der Waals surface area contributed by atoms with Crippen LogP contribution in [0.2, 0.25) is 0 Å². The second-order valence-corrected chi connectivity index (χ2v) is 8.24. The van der Waals surface area contributed by atoms with E-state index in [9.17, 15) is 17.6 Å². The summed E-state index contributed by atoms with van der Waals surface area (Å²) in [6.07, 6.45) is 0.662. The van der Waals surface area contributed by atoms with E-state index >= 15 is 0 Å². The molecule has 5 nitrogen and oxygen atoms in total. The van der Waals surface area contributed by atoms with E-state index in [0.717, 1.165) is 11.6 Å². The molecule has 0 fully saturated rings. The van der Waals surface area contributed by atoms with Crippen LogP contribution in [0.4, 0.5) is 10.1 Å². The van der Waals surface area contributed by atoms with E-state index in [0.29, 0.717) is 13.0 Å². The van der Waals surface area contributed by atoms with Crippen LogP contribution in [-0.4, -0.2) is 20.9 Å². The van der Waals surface area contributed by atoms with Crippen molar-refractivity contribution >= 4 is 21.6 Å². The minimum atomic E-state index is -3.97. The number of para-hydroxylation sites is 1. The standard InChI is InChI=1S/C22H21FN2O3S/c1-16-15-18(11-12-20(16)23)29(27,28)25-21-10-6-5-9-19(21)22(26)24-14-13-17-7-3-2-4-8-17/h2-12,15,25H,13-14H2,1H3,(H,24,26). The number of halogens is 1. The van der Waals surface area contributed by atoms with E-state index in [-0.39, 0.29) is 27.6 Å². The maximum Gasteiger partial charge on any atom is 0.261 e. The zero-order valence-electron chi connectivity index (χ0n) is 15.9. The second kappa shape index (κ2) is 8.87. The van der Waals surface area contributed by atoms with Crippen molar-refractivity contribution in [2.45, 2.75) is 18.2 Å². The van der Waals surface area contributed by atoms with E-state index in [1.54, 1.807) is 18.2 Å². The minimum Gasteiger partial charge on any atom is -0.352 e. The van der Waals surface area contributed by atoms with Crippen LogP contribution < -0.4 is 10.0 Å². The van der Waals surface area contributed by atoms with Crippen LogP contribution in [0.1, 0.15) is 21.5 Å². The van der Waals surface area contributed by atoms with Gasteiger partial charge in [0.05, 0.1) is 16.1 Å². The van der Waals surface area contributed by atoms with Gasteiger partial charge in [-0.25, -0.2) is 12.8 Å². The molecule has 0 unspecified atom stereocenters. The van der Waals surface area contributed by atoms with Crippen LogP contribution in [-0.2, 0) is 16.4 Å². The Morgan fingerprint density at radius 3 is 2.38 bits per heavy atom. The number of sulfonamides is 1. The predicted octanol–water partition coefficient (Wildman–Crippen LogP) is 3.91. The van der Waals surface area contributed by atoms with Gasteiger partial charge in [-0.05, 0) is 54.8 Å². The molecule has 3 aromatic rings. The molecule has 0 saturated carbocycles. The average Bonchev–Trinajstić information content (AvgIpc) is 2.71. The molecule has 0 spiro atoms. The number of aryl methyl sites for hydroxylation is 1. The van der Waals surface area contributed by atoms with E-state index in [4.69, 9.17) is 0 Å². The van der Waals surface area contributed by atoms with E-state index in [1.165, 1.54) is 25.1 Å². The lowest BCUT2D eigenvalue weighted by molar-refractivity contribution is 0.0955. The summed E-state index contributed by atoms with van der Waals surface area (Å²) in [7, 11) is -3.97. The molecule has 3 rings (SSSR count). The van der Waals surface area contributed by atoms with E-state index < -0.39 is 15.8 Å². The molecule has 0 aliphatic heterocycles. The Hall–Kier alpha value is -3.19. The van der Waals surface area contributed by atoms with E-state index in [2.05, 4.69) is 10.0 Å². The van der Waals surface area contributed by atoms with Gasteiger partial charge < -0.3 is 5.32 Å². The first-order valence-corrected chi connectivity index (χ1v) is 10.6. The topological polar surface area (TPSA) is 75.3 Å². The van der Waals surface area contributed by atoms with Crippen molar-refractivity contribution in [1.82, 2.24) is 5.32 Å². The summed E-state index contributed by atoms with van der Waals surface area (Å²) >= 11 is 0. The lowest BCUT2D eigenvalue weighted by Gasteiger charge is -2.13. The molecule has 0 saturated heterocycles. The van der Waals surface area contributed by atoms with Crippen molar-refractivity contribution in [2.75, 3.05) is 11.3 Å². The third-order valence-electron chi connectivity index (χ3n) is 4.40. The number of rotatable bonds is 7. The molecule has 7 heteroatoms. The molecule has 3 aromatic carbocycles. The first-order valence-electron chi connectivity index (χ1n) is 9.07. The molecule has 1 amide bonds. The lowest BCUT2D eigenvalue weighted by atomic mass is 10.1. The number of benzene rings is 3. The van der Waals surface area contributed by atoms with Crippen molar-refractivity contribution in [3.63, 3.8) is 0 Å². The fourth-order valence-corrected chi connectivity index (χ4v) is 3.98. The van der Waals surface area contributed by atoms with Gasteiger partial charge in [0.2, 0.25) is 0 Å². The quantitative estimate of drug-likeness (QED) is 0.618. The fraction of sp³-hybridized carbons (Fsp3) is 0.136. The average molecular weight is 412 g/mol. The first-order chi connectivity index (χ1) is 13.9. The molecule has 2 N–H and O–H groups in total. The Morgan fingerprint density at radius 1 is 0.966 bits per heavy atom. The fourth-order valence-electron chi connectivity index (χ4n) is 2.82. The van der Waals surface area contributed by atoms with Gasteiger partial charge in [0.15, 0.2) is 0 Å². The van der Waals surface area contributed by atoms with Crippen molar-refractivity contribution in [3.05, 3.63) is 95.3 Å². The zero-order chi connectivity index (χ0) is 20.9. The number of nitrogens with one attached hydrogen (secondary N) is 2. The number of anilines is 1. The molecular formula is C22H21FN2O3S. The van der Waals surface area contributed by atoms with Gasteiger partial charge in [-0.3, -0.25) is 9.52 Å². The van der Waals surface area contributed by atoms with Crippen LogP contribution >= 0.6 is 0 Å². The van der Waals surface area contributed by atoms with Crippen LogP contribution in [0, 0.1) is 12.7 Å². The highest BCUT2D eigenvalue weighted by molar-refractivity contribution is 7.92. The predicted molar refractivity (Wildman–Crippen MR) is 111 cm³/mol. The van der Waals surface area contributed by atoms with Crippen molar-refractivity contribution in [2.24, 2.45) is 0 Å². The van der Waals surface area contributed by atoms with Gasteiger partial charge in [-0.1, -0.05) is 42.5 Å². The molecule has 0 radical (unpaired) electrons. The normalized spacial score (nSPS) is 11.1. The molecule has 0 aromatic heterocycles. The SMILES string of the molecule is Cc1cc(S(=O)(=O)Nc2ccccc2C(=O)NCCc2ccccc2)ccc1F. The summed E-state index contributed by atoms with van der Waals surface area (Å²) in [5, 5.41) is 2.81. The van der Waals surface area contributed by atoms with Crippen molar-refractivity contribution < 1.29 is 17.6 Å². The van der Waals surface area contributed by atoms with Crippen LogP contribution in [0.3, 0.4) is 0 Å². The number of amides is 1. The first kappa shape index (κ1) is 20.5. The zero-order valence-corrected chi connectivity index (χ0v) is 16.7. The Morgan fingerprint density at radius 2 is 1.66 bits per heavy atom. The summed E-state index contributed by atoms with van der Waals surface area (Å²) in [6, 6.07) is 19.6. The summed E-state index contributed by atoms with van der Waals surface area (Å²) in [5.41, 5.74) is 1.68. The molecule has 29 heavy (non-hydrogen) atoms. The molecule has 0 atom stereocenters. The summed E-state index contributed by atoms with van der Waals surface area (Å²) in [6.45, 7) is 1.91. The Labute approximate surface area is 169 Å². The highest BCUT2D eigenvalue weighted by atomic mass is 32.2. The highest BCUT2D eigenvalue weighted by Crippen LogP contribution is 2.21. The van der Waals surface area contributed by atoms with Crippen LogP contribution in [0.15, 0.2) is 77.7 Å². The van der Waals surface area contributed by atoms with Crippen LogP contribution in [0.25, 0.3) is 0 Å². The second-order valence-electron chi connectivity index (χ2n) is 6.55. The molecule has 0 bridgehead atoms. The van der Waals surface area contributed by atoms with Crippen molar-refractivity contribution in [1.29, 1.82) is 0 Å². The van der Waals surface area contributed by atoms with Gasteiger partial charge in [0.25, 0.3) is 15.9 Å². The number of carbonyl (C=O) groups excluding carboxylic acids is 1. The third kappa shape index (κ3) is 5.20. The van der Waals surface area contributed by atoms with Gasteiger partial charge in [-0.15, -0.1) is 0 Å². The molecule has 0 heterocycles. The molecule has 150 valence electrons. The van der Waals surface area contributed by atoms with Crippen LogP contribution in [0.5, 0.6) is 0 Å². The molecule has 0 aliphatic rings. The molecular weight excluding hydrogens is 391 g/mol. The Balaban J connectivity index is 1.74. The monoisotopic (exact) mass is 412 g/mol. The maximum absolute atomic E-state index is 13.5. The number of hydrogen-bond donors (Lipinski definition) is 2. The van der Waals surface area contributed by atoms with Gasteiger partial charge in [0, 0.05) is 6.54 Å². The van der Waals surface area contributed by atoms with Gasteiger partial charge >= 0.3 is 0 Å². The number of carbonyl (C=O) groups is 1. The van der Waals surface area contributed by atoms with E-state index in [1.807, 2.05) is 30.3 Å². The minimum absolute atomic E-state index is 0.0734. The largest absolute Gasteiger partial charge is 0.352 e. The molecule has 0 aliphatic carbocycles. The third-order valence-corrected chi connectivity index (χ3v) is 5.76. The van der Waals surface area contributed by atoms with Gasteiger partial charge in [-0.2, -0.15) is 0 Å². The highest BCUT2D eigenvalue weighted by Gasteiger charge is 2.19. The summed E-state index contributed by atoms with van der Waals surface area (Å²) in [4.78, 5) is 12.5. The summed E-state index contributed by atoms with van der Waals surface area (Å²) < 4.78 is 41.2. The summed E-state index contributed by atoms with van der Waals surface area (Å²) in [5.74, 6) is -0.864.